The van der Waals surface area contributed by atoms with Crippen LogP contribution in [0.15, 0.2) is 72.9 Å². The number of anilines is 1. The van der Waals surface area contributed by atoms with E-state index in [2.05, 4.69) is 29.2 Å². The number of nitrogens with zero attached hydrogens (tertiary/aromatic N) is 1. The Kier molecular flexibility index (Phi) is 7.97. The van der Waals surface area contributed by atoms with Crippen LogP contribution in [0.2, 0.25) is 0 Å². The van der Waals surface area contributed by atoms with E-state index in [0.717, 1.165) is 40.4 Å². The first-order chi connectivity index (χ1) is 19.6. The van der Waals surface area contributed by atoms with Gasteiger partial charge in [-0.05, 0) is 92.1 Å². The molecule has 1 unspecified atom stereocenters. The van der Waals surface area contributed by atoms with E-state index < -0.39 is 11.4 Å². The monoisotopic (exact) mass is 553 g/mol. The van der Waals surface area contributed by atoms with Gasteiger partial charge in [0.2, 0.25) is 0 Å². The van der Waals surface area contributed by atoms with Gasteiger partial charge in [0.05, 0.1) is 6.04 Å². The van der Waals surface area contributed by atoms with Gasteiger partial charge in [0, 0.05) is 35.8 Å². The molecule has 0 aliphatic heterocycles. The zero-order chi connectivity index (χ0) is 29.1. The Bertz CT molecular complexity index is 1620. The molecule has 0 fully saturated rings. The van der Waals surface area contributed by atoms with Gasteiger partial charge in [-0.2, -0.15) is 0 Å². The van der Waals surface area contributed by atoms with Gasteiger partial charge in [-0.15, -0.1) is 0 Å². The highest BCUT2D eigenvalue weighted by Crippen LogP contribution is 2.37. The number of benzene rings is 3. The van der Waals surface area contributed by atoms with Crippen molar-refractivity contribution in [1.82, 2.24) is 9.88 Å². The van der Waals surface area contributed by atoms with Gasteiger partial charge in [0.1, 0.15) is 11.4 Å². The second kappa shape index (κ2) is 11.6. The molecule has 3 N–H and O–H groups in total. The van der Waals surface area contributed by atoms with Crippen LogP contribution in [-0.2, 0) is 28.8 Å². The second-order valence-electron chi connectivity index (χ2n) is 11.6. The molecule has 1 heterocycles. The van der Waals surface area contributed by atoms with E-state index in [4.69, 9.17) is 10.5 Å². The maximum atomic E-state index is 13.4. The van der Waals surface area contributed by atoms with Crippen LogP contribution in [0.3, 0.4) is 0 Å². The molecule has 0 saturated heterocycles. The van der Waals surface area contributed by atoms with Gasteiger partial charge in [-0.25, -0.2) is 9.18 Å². The van der Waals surface area contributed by atoms with Crippen LogP contribution in [0, 0.1) is 5.82 Å². The number of ether oxygens (including phenoxy) is 1. The summed E-state index contributed by atoms with van der Waals surface area (Å²) in [6, 6.07) is 18.3. The van der Waals surface area contributed by atoms with E-state index in [0.29, 0.717) is 18.5 Å². The molecule has 1 aromatic heterocycles. The number of aryl methyl sites for hydroxylation is 1. The van der Waals surface area contributed by atoms with Crippen LogP contribution in [0.4, 0.5) is 14.9 Å². The number of para-hydroxylation sites is 1. The number of hydrogen-bond acceptors (Lipinski definition) is 4. The van der Waals surface area contributed by atoms with Crippen molar-refractivity contribution in [2.45, 2.75) is 58.1 Å². The Labute approximate surface area is 240 Å². The van der Waals surface area contributed by atoms with Crippen molar-refractivity contribution in [2.75, 3.05) is 12.3 Å². The summed E-state index contributed by atoms with van der Waals surface area (Å²) in [6.07, 6.45) is 7.47. The zero-order valence-electron chi connectivity index (χ0n) is 23.7. The minimum absolute atomic E-state index is 0.0915. The van der Waals surface area contributed by atoms with Crippen LogP contribution in [0.1, 0.15) is 61.1 Å². The Hall–Kier alpha value is -4.39. The van der Waals surface area contributed by atoms with Gasteiger partial charge < -0.3 is 20.4 Å². The zero-order valence-corrected chi connectivity index (χ0v) is 23.7. The van der Waals surface area contributed by atoms with Crippen LogP contribution < -0.4 is 5.73 Å². The summed E-state index contributed by atoms with van der Waals surface area (Å²) in [5, 5.41) is 1.16. The number of amides is 1. The summed E-state index contributed by atoms with van der Waals surface area (Å²) in [5.74, 6) is -0.538. The third kappa shape index (κ3) is 6.68. The molecule has 41 heavy (non-hydrogen) atoms. The molecule has 0 bridgehead atoms. The van der Waals surface area contributed by atoms with Crippen LogP contribution >= 0.6 is 0 Å². The minimum Gasteiger partial charge on any atom is -0.444 e. The molecule has 1 aliphatic carbocycles. The Morgan fingerprint density at radius 3 is 2.68 bits per heavy atom. The number of fused-ring (bicyclic) bond motifs is 2. The number of carbonyl (C=O) groups is 2. The maximum absolute atomic E-state index is 13.4. The average Bonchev–Trinajstić information content (AvgIpc) is 3.52. The molecule has 6 nitrogen and oxygen atoms in total. The lowest BCUT2D eigenvalue weighted by molar-refractivity contribution is -0.113. The summed E-state index contributed by atoms with van der Waals surface area (Å²) in [4.78, 5) is 31.2. The molecule has 3 aromatic carbocycles. The van der Waals surface area contributed by atoms with Crippen molar-refractivity contribution in [3.05, 3.63) is 107 Å². The third-order valence-electron chi connectivity index (χ3n) is 7.45. The number of aromatic nitrogens is 1. The molecule has 1 amide bonds. The smallest absolute Gasteiger partial charge is 0.410 e. The lowest BCUT2D eigenvalue weighted by atomic mass is 10.0. The van der Waals surface area contributed by atoms with Crippen LogP contribution in [0.5, 0.6) is 0 Å². The number of aromatic amines is 1. The predicted octanol–water partition coefficient (Wildman–Crippen LogP) is 7.18. The summed E-state index contributed by atoms with van der Waals surface area (Å²) in [6.45, 7) is 6.19. The number of ketones is 1. The third-order valence-corrected chi connectivity index (χ3v) is 7.45. The van der Waals surface area contributed by atoms with E-state index in [1.807, 2.05) is 50.1 Å². The molecule has 0 radical (unpaired) electrons. The lowest BCUT2D eigenvalue weighted by Crippen LogP contribution is -2.40. The van der Waals surface area contributed by atoms with E-state index in [-0.39, 0.29) is 30.0 Å². The van der Waals surface area contributed by atoms with Crippen molar-refractivity contribution < 1.29 is 18.7 Å². The molecule has 4 aromatic rings. The van der Waals surface area contributed by atoms with Crippen molar-refractivity contribution >= 4 is 34.5 Å². The number of H-pyrrole nitrogens is 1. The van der Waals surface area contributed by atoms with Crippen molar-refractivity contribution in [1.29, 1.82) is 0 Å². The molecule has 212 valence electrons. The summed E-state index contributed by atoms with van der Waals surface area (Å²) in [5.41, 5.74) is 11.6. The van der Waals surface area contributed by atoms with Crippen molar-refractivity contribution in [2.24, 2.45) is 0 Å². The van der Waals surface area contributed by atoms with Gasteiger partial charge in [-0.3, -0.25) is 4.79 Å². The fraction of sp³-hybridized carbons (Fsp3) is 0.294. The van der Waals surface area contributed by atoms with Gasteiger partial charge in [0.25, 0.3) is 0 Å². The number of nitrogen functional groups attached to an aromatic ring is 1. The van der Waals surface area contributed by atoms with E-state index in [9.17, 15) is 14.0 Å². The number of carbonyl (C=O) groups excluding carboxylic acids is 2. The molecule has 0 saturated carbocycles. The molecule has 7 heteroatoms. The summed E-state index contributed by atoms with van der Waals surface area (Å²) < 4.78 is 19.2. The minimum atomic E-state index is -0.600. The SMILES string of the molecule is CC(C)(C)OC(=O)N(CCc1c[nH]c2ccccc12)C1CCc2cc(/C=C/C(=O)Cc3ccc(F)cc3N)ccc21. The highest BCUT2D eigenvalue weighted by atomic mass is 19.1. The second-order valence-corrected chi connectivity index (χ2v) is 11.6. The topological polar surface area (TPSA) is 88.4 Å². The predicted molar refractivity (Wildman–Crippen MR) is 161 cm³/mol. The maximum Gasteiger partial charge on any atom is 0.410 e. The van der Waals surface area contributed by atoms with Gasteiger partial charge >= 0.3 is 6.09 Å². The van der Waals surface area contributed by atoms with Crippen molar-refractivity contribution in [3.63, 3.8) is 0 Å². The molecule has 1 aliphatic rings. The van der Waals surface area contributed by atoms with Crippen LogP contribution in [0.25, 0.3) is 17.0 Å². The van der Waals surface area contributed by atoms with Gasteiger partial charge in [-0.1, -0.05) is 48.5 Å². The first kappa shape index (κ1) is 28.1. The number of rotatable bonds is 8. The number of allylic oxidation sites excluding steroid dienone is 1. The largest absolute Gasteiger partial charge is 0.444 e. The van der Waals surface area contributed by atoms with Gasteiger partial charge in [0.15, 0.2) is 5.78 Å². The van der Waals surface area contributed by atoms with E-state index in [1.165, 1.54) is 23.8 Å². The van der Waals surface area contributed by atoms with E-state index >= 15 is 0 Å². The average molecular weight is 554 g/mol. The quantitative estimate of drug-likeness (QED) is 0.179. The number of halogens is 1. The summed E-state index contributed by atoms with van der Waals surface area (Å²) >= 11 is 0. The lowest BCUT2D eigenvalue weighted by Gasteiger charge is -2.32. The standard InChI is InChI=1S/C34H36FN3O3/c1-34(2,3)41-33(40)38(17-16-25-21-37-31-7-5-4-6-28(25)31)32-15-11-23-18-22(9-14-29(23)32)8-13-27(39)19-24-10-12-26(35)20-30(24)36/h4-10,12-14,18,20-21,32,37H,11,15-17,19,36H2,1-3H3/b13-8+. The Morgan fingerprint density at radius 1 is 1.10 bits per heavy atom. The highest BCUT2D eigenvalue weighted by molar-refractivity contribution is 5.95. The number of nitrogens with two attached hydrogens (primary N) is 1. The normalized spacial score (nSPS) is 14.9. The van der Waals surface area contributed by atoms with Crippen molar-refractivity contribution in [3.8, 4) is 0 Å². The highest BCUT2D eigenvalue weighted by Gasteiger charge is 2.33. The number of hydrogen-bond donors (Lipinski definition) is 2. The first-order valence-electron chi connectivity index (χ1n) is 14.0. The van der Waals surface area contributed by atoms with E-state index in [1.54, 1.807) is 12.1 Å². The Balaban J connectivity index is 1.32. The fourth-order valence-corrected chi connectivity index (χ4v) is 5.48. The Morgan fingerprint density at radius 2 is 1.90 bits per heavy atom. The molecule has 0 spiro atoms. The molecular weight excluding hydrogens is 517 g/mol. The first-order valence-corrected chi connectivity index (χ1v) is 14.0. The molecule has 1 atom stereocenters. The fourth-order valence-electron chi connectivity index (χ4n) is 5.48. The number of nitrogens with one attached hydrogen (secondary N) is 1. The van der Waals surface area contributed by atoms with Crippen LogP contribution in [-0.4, -0.2) is 33.9 Å². The molecular formula is C34H36FN3O3. The summed E-state index contributed by atoms with van der Waals surface area (Å²) in [7, 11) is 0. The molecule has 5 rings (SSSR count).